The normalized spacial score (nSPS) is 13.8. The van der Waals surface area contributed by atoms with Crippen molar-refractivity contribution in [2.75, 3.05) is 0 Å². The van der Waals surface area contributed by atoms with Crippen LogP contribution in [0.4, 0.5) is 17.6 Å². The second-order valence-corrected chi connectivity index (χ2v) is 4.12. The van der Waals surface area contributed by atoms with Crippen molar-refractivity contribution in [2.24, 2.45) is 0 Å². The Hall–Kier alpha value is -1.06. The minimum atomic E-state index is -4.41. The third-order valence-corrected chi connectivity index (χ3v) is 2.89. The van der Waals surface area contributed by atoms with Gasteiger partial charge in [0.25, 0.3) is 0 Å². The molecular weight excluding hydrogens is 232 g/mol. The molecule has 0 aliphatic heterocycles. The lowest BCUT2D eigenvalue weighted by Crippen LogP contribution is -2.12. The van der Waals surface area contributed by atoms with Crippen LogP contribution in [0.1, 0.15) is 50.2 Å². The Kier molecular flexibility index (Phi) is 4.54. The van der Waals surface area contributed by atoms with Crippen molar-refractivity contribution in [3.8, 4) is 0 Å². The van der Waals surface area contributed by atoms with E-state index < -0.39 is 17.6 Å². The Morgan fingerprint density at radius 1 is 1.18 bits per heavy atom. The predicted molar refractivity (Wildman–Crippen MR) is 59.3 cm³/mol. The van der Waals surface area contributed by atoms with E-state index in [1.165, 1.54) is 0 Å². The monoisotopic (exact) mass is 248 g/mol. The van der Waals surface area contributed by atoms with Crippen molar-refractivity contribution in [1.82, 2.24) is 0 Å². The first-order chi connectivity index (χ1) is 7.90. The van der Waals surface area contributed by atoms with Crippen LogP contribution in [0.2, 0.25) is 0 Å². The number of halogens is 4. The molecule has 0 nitrogen and oxygen atoms in total. The van der Waals surface area contributed by atoms with Crippen LogP contribution in [0.3, 0.4) is 0 Å². The molecule has 1 rings (SSSR count). The molecule has 0 aromatic heterocycles. The van der Waals surface area contributed by atoms with Crippen molar-refractivity contribution in [2.45, 2.75) is 45.2 Å². The number of benzene rings is 1. The van der Waals surface area contributed by atoms with Gasteiger partial charge in [-0.2, -0.15) is 13.2 Å². The summed E-state index contributed by atoms with van der Waals surface area (Å²) in [6, 6.07) is 2.72. The molecule has 0 radical (unpaired) electrons. The minimum absolute atomic E-state index is 0.0850. The van der Waals surface area contributed by atoms with Crippen LogP contribution in [0, 0.1) is 5.82 Å². The Bertz CT molecular complexity index is 368. The first-order valence-corrected chi connectivity index (χ1v) is 5.76. The summed E-state index contributed by atoms with van der Waals surface area (Å²) >= 11 is 0. The van der Waals surface area contributed by atoms with Gasteiger partial charge in [-0.1, -0.05) is 20.3 Å². The quantitative estimate of drug-likeness (QED) is 0.647. The van der Waals surface area contributed by atoms with Gasteiger partial charge in [0, 0.05) is 0 Å². The Balaban J connectivity index is 3.23. The highest BCUT2D eigenvalue weighted by Crippen LogP contribution is 2.38. The summed E-state index contributed by atoms with van der Waals surface area (Å²) in [5.41, 5.74) is -0.624. The molecule has 0 aliphatic rings. The highest BCUT2D eigenvalue weighted by molar-refractivity contribution is 5.33. The second-order valence-electron chi connectivity index (χ2n) is 4.12. The summed E-state index contributed by atoms with van der Waals surface area (Å²) in [5, 5.41) is 0. The fourth-order valence-corrected chi connectivity index (χ4v) is 2.06. The molecule has 96 valence electrons. The SMILES string of the molecule is CCCC(CC)c1cc(F)ccc1C(F)(F)F. The average Bonchev–Trinajstić information content (AvgIpc) is 2.24. The predicted octanol–water partition coefficient (Wildman–Crippen LogP) is 5.14. The fourth-order valence-electron chi connectivity index (χ4n) is 2.06. The van der Waals surface area contributed by atoms with E-state index in [1.54, 1.807) is 0 Å². The Morgan fingerprint density at radius 3 is 2.29 bits per heavy atom. The van der Waals surface area contributed by atoms with Crippen molar-refractivity contribution in [3.05, 3.63) is 35.1 Å². The van der Waals surface area contributed by atoms with Crippen LogP contribution >= 0.6 is 0 Å². The molecule has 1 aromatic carbocycles. The maximum atomic E-state index is 13.1. The van der Waals surface area contributed by atoms with Crippen molar-refractivity contribution >= 4 is 0 Å². The van der Waals surface area contributed by atoms with Gasteiger partial charge in [0.2, 0.25) is 0 Å². The average molecular weight is 248 g/mol. The Morgan fingerprint density at radius 2 is 1.82 bits per heavy atom. The van der Waals surface area contributed by atoms with Gasteiger partial charge in [-0.3, -0.25) is 0 Å². The molecule has 1 atom stereocenters. The summed E-state index contributed by atoms with van der Waals surface area (Å²) in [5.74, 6) is -0.838. The van der Waals surface area contributed by atoms with E-state index in [2.05, 4.69) is 0 Å². The second kappa shape index (κ2) is 5.52. The molecule has 1 aromatic rings. The lowest BCUT2D eigenvalue weighted by Gasteiger charge is -2.20. The van der Waals surface area contributed by atoms with Gasteiger partial charge in [-0.15, -0.1) is 0 Å². The van der Waals surface area contributed by atoms with E-state index in [0.717, 1.165) is 24.6 Å². The minimum Gasteiger partial charge on any atom is -0.207 e. The highest BCUT2D eigenvalue weighted by atomic mass is 19.4. The zero-order chi connectivity index (χ0) is 13.1. The maximum Gasteiger partial charge on any atom is 0.416 e. The smallest absolute Gasteiger partial charge is 0.207 e. The van der Waals surface area contributed by atoms with Crippen LogP contribution in [0.25, 0.3) is 0 Å². The molecule has 1 unspecified atom stereocenters. The number of rotatable bonds is 4. The molecule has 0 saturated carbocycles. The van der Waals surface area contributed by atoms with Crippen LogP contribution in [0.15, 0.2) is 18.2 Å². The summed E-state index contributed by atoms with van der Waals surface area (Å²) in [6.07, 6.45) is -2.40. The third-order valence-electron chi connectivity index (χ3n) is 2.89. The van der Waals surface area contributed by atoms with E-state index in [1.807, 2.05) is 13.8 Å². The summed E-state index contributed by atoms with van der Waals surface area (Å²) in [4.78, 5) is 0. The van der Waals surface area contributed by atoms with E-state index in [-0.39, 0.29) is 11.5 Å². The number of hydrogen-bond donors (Lipinski definition) is 0. The van der Waals surface area contributed by atoms with Crippen molar-refractivity contribution in [3.63, 3.8) is 0 Å². The van der Waals surface area contributed by atoms with Crippen molar-refractivity contribution in [1.29, 1.82) is 0 Å². The molecule has 0 spiro atoms. The molecule has 0 fully saturated rings. The molecule has 0 aliphatic carbocycles. The molecule has 17 heavy (non-hydrogen) atoms. The molecule has 0 saturated heterocycles. The van der Waals surface area contributed by atoms with Gasteiger partial charge in [0.15, 0.2) is 0 Å². The van der Waals surface area contributed by atoms with Gasteiger partial charge in [0.1, 0.15) is 5.82 Å². The lowest BCUT2D eigenvalue weighted by atomic mass is 9.88. The zero-order valence-corrected chi connectivity index (χ0v) is 9.94. The summed E-state index contributed by atoms with van der Waals surface area (Å²) in [6.45, 7) is 3.74. The van der Waals surface area contributed by atoms with E-state index >= 15 is 0 Å². The van der Waals surface area contributed by atoms with Gasteiger partial charge in [-0.05, 0) is 42.5 Å². The summed E-state index contributed by atoms with van der Waals surface area (Å²) in [7, 11) is 0. The fraction of sp³-hybridized carbons (Fsp3) is 0.538. The summed E-state index contributed by atoms with van der Waals surface area (Å²) < 4.78 is 51.5. The molecule has 0 heterocycles. The third kappa shape index (κ3) is 3.45. The first kappa shape index (κ1) is 14.0. The first-order valence-electron chi connectivity index (χ1n) is 5.76. The molecule has 0 N–H and O–H groups in total. The van der Waals surface area contributed by atoms with Crippen LogP contribution in [-0.2, 0) is 6.18 Å². The van der Waals surface area contributed by atoms with E-state index in [9.17, 15) is 17.6 Å². The zero-order valence-electron chi connectivity index (χ0n) is 9.94. The molecule has 0 bridgehead atoms. The van der Waals surface area contributed by atoms with E-state index in [4.69, 9.17) is 0 Å². The Labute approximate surface area is 98.6 Å². The lowest BCUT2D eigenvalue weighted by molar-refractivity contribution is -0.138. The number of hydrogen-bond acceptors (Lipinski definition) is 0. The van der Waals surface area contributed by atoms with Crippen LogP contribution in [-0.4, -0.2) is 0 Å². The highest BCUT2D eigenvalue weighted by Gasteiger charge is 2.34. The van der Waals surface area contributed by atoms with Gasteiger partial charge in [-0.25, -0.2) is 4.39 Å². The van der Waals surface area contributed by atoms with Gasteiger partial charge in [0.05, 0.1) is 5.56 Å². The molecule has 0 amide bonds. The van der Waals surface area contributed by atoms with E-state index in [0.29, 0.717) is 12.8 Å². The molecule has 4 heteroatoms. The topological polar surface area (TPSA) is 0 Å². The van der Waals surface area contributed by atoms with Gasteiger partial charge >= 0.3 is 6.18 Å². The van der Waals surface area contributed by atoms with Crippen molar-refractivity contribution < 1.29 is 17.6 Å². The maximum absolute atomic E-state index is 13.1. The van der Waals surface area contributed by atoms with Crippen LogP contribution in [0.5, 0.6) is 0 Å². The standard InChI is InChI=1S/C13H16F4/c1-3-5-9(4-2)11-8-10(14)6-7-12(11)13(15,16)17/h6-9H,3-5H2,1-2H3. The molecular formula is C13H16F4. The van der Waals surface area contributed by atoms with Crippen LogP contribution < -0.4 is 0 Å². The largest absolute Gasteiger partial charge is 0.416 e. The van der Waals surface area contributed by atoms with Gasteiger partial charge < -0.3 is 0 Å². The number of alkyl halides is 3.